The Balaban J connectivity index is 0.00000242. The van der Waals surface area contributed by atoms with Crippen LogP contribution in [0.25, 0.3) is 10.9 Å². The maximum absolute atomic E-state index is 4.34. The van der Waals surface area contributed by atoms with Crippen molar-refractivity contribution in [2.75, 3.05) is 0 Å². The van der Waals surface area contributed by atoms with Crippen molar-refractivity contribution < 1.29 is 0 Å². The molecule has 0 saturated heterocycles. The summed E-state index contributed by atoms with van der Waals surface area (Å²) >= 11 is 0. The van der Waals surface area contributed by atoms with E-state index in [0.29, 0.717) is 11.8 Å². The molecule has 1 aromatic heterocycles. The lowest BCUT2D eigenvalue weighted by molar-refractivity contribution is 0.192. The van der Waals surface area contributed by atoms with Gasteiger partial charge in [-0.05, 0) is 49.7 Å². The van der Waals surface area contributed by atoms with E-state index in [1.165, 1.54) is 29.3 Å². The predicted octanol–water partition coefficient (Wildman–Crippen LogP) is 4.78. The lowest BCUT2D eigenvalue weighted by atomic mass is 9.79. The number of benzene rings is 1. The summed E-state index contributed by atoms with van der Waals surface area (Å²) in [5.74, 6) is 1.35. The molecule has 1 nitrogen and oxygen atoms in total. The first-order valence-corrected chi connectivity index (χ1v) is 8.26. The number of aryl methyl sites for hydroxylation is 1. The van der Waals surface area contributed by atoms with Gasteiger partial charge in [-0.1, -0.05) is 52.8 Å². The second-order valence-corrected chi connectivity index (χ2v) is 7.37. The van der Waals surface area contributed by atoms with E-state index in [0.717, 1.165) is 6.42 Å². The zero-order valence-corrected chi connectivity index (χ0v) is 14.3. The highest BCUT2D eigenvalue weighted by molar-refractivity contribution is 5.84. The largest absolute Gasteiger partial charge is 0.341 e. The third-order valence-corrected chi connectivity index (χ3v) is 4.46. The van der Waals surface area contributed by atoms with Crippen molar-refractivity contribution in [3.05, 3.63) is 42.9 Å². The standard InChI is InChI=1S/C20H30N.Al.3H/c1-7-20(12-15(2)3,13-16(4)5)21-14-17(6)18-10-8-9-11-19(18)21;;;;/h8-11,14-16H,1,7,12-13H2,2-6H3;;;;. The average molecular weight is 314 g/mol. The molecule has 0 saturated carbocycles. The number of nitrogens with zero attached hydrogens (tertiary/aromatic N) is 1. The molecule has 0 atom stereocenters. The van der Waals surface area contributed by atoms with Crippen LogP contribution in [-0.4, -0.2) is 21.9 Å². The van der Waals surface area contributed by atoms with Crippen molar-refractivity contribution in [3.63, 3.8) is 0 Å². The van der Waals surface area contributed by atoms with E-state index in [9.17, 15) is 0 Å². The zero-order chi connectivity index (χ0) is 15.6. The van der Waals surface area contributed by atoms with Gasteiger partial charge in [0, 0.05) is 22.6 Å². The van der Waals surface area contributed by atoms with Gasteiger partial charge >= 0.3 is 0 Å². The van der Waals surface area contributed by atoms with E-state index < -0.39 is 0 Å². The van der Waals surface area contributed by atoms with Gasteiger partial charge in [0.2, 0.25) is 0 Å². The maximum atomic E-state index is 4.34. The van der Waals surface area contributed by atoms with Crippen molar-refractivity contribution in [2.45, 2.75) is 59.4 Å². The number of hydrogen-bond donors (Lipinski definition) is 0. The molecule has 0 aliphatic heterocycles. The fraction of sp³-hybridized carbons (Fsp3) is 0.550. The summed E-state index contributed by atoms with van der Waals surface area (Å²) in [5.41, 5.74) is 2.87. The Hall–Kier alpha value is -0.708. The molecule has 1 heterocycles. The molecule has 0 aliphatic carbocycles. The van der Waals surface area contributed by atoms with Gasteiger partial charge in [-0.25, -0.2) is 0 Å². The van der Waals surface area contributed by atoms with Crippen LogP contribution >= 0.6 is 0 Å². The van der Waals surface area contributed by atoms with E-state index in [1.54, 1.807) is 0 Å². The fourth-order valence-electron chi connectivity index (χ4n) is 3.87. The van der Waals surface area contributed by atoms with Gasteiger partial charge in [0.05, 0.1) is 0 Å². The summed E-state index contributed by atoms with van der Waals surface area (Å²) in [7, 11) is 0. The van der Waals surface area contributed by atoms with Crippen molar-refractivity contribution >= 4 is 28.3 Å². The van der Waals surface area contributed by atoms with Crippen LogP contribution in [0.4, 0.5) is 0 Å². The van der Waals surface area contributed by atoms with Gasteiger partial charge in [-0.3, -0.25) is 0 Å². The Morgan fingerprint density at radius 3 is 2.09 bits per heavy atom. The summed E-state index contributed by atoms with van der Waals surface area (Å²) in [6.07, 6.45) is 5.67. The van der Waals surface area contributed by atoms with E-state index in [4.69, 9.17) is 0 Å². The van der Waals surface area contributed by atoms with Crippen LogP contribution in [0.5, 0.6) is 0 Å². The lowest BCUT2D eigenvalue weighted by Gasteiger charge is -2.39. The number of fused-ring (bicyclic) bond motifs is 1. The first-order chi connectivity index (χ1) is 9.89. The van der Waals surface area contributed by atoms with Gasteiger partial charge in [0.1, 0.15) is 0 Å². The zero-order valence-electron chi connectivity index (χ0n) is 14.3. The van der Waals surface area contributed by atoms with Crippen molar-refractivity contribution in [3.8, 4) is 0 Å². The van der Waals surface area contributed by atoms with E-state index >= 15 is 0 Å². The second-order valence-electron chi connectivity index (χ2n) is 7.37. The number of rotatable bonds is 6. The molecule has 1 radical (unpaired) electrons. The number of para-hydroxylation sites is 1. The molecular weight excluding hydrogens is 281 g/mol. The predicted molar refractivity (Wildman–Crippen MR) is 103 cm³/mol. The summed E-state index contributed by atoms with van der Waals surface area (Å²) in [4.78, 5) is 0. The Morgan fingerprint density at radius 1 is 1.05 bits per heavy atom. The molecule has 0 unspecified atom stereocenters. The van der Waals surface area contributed by atoms with Crippen LogP contribution in [0, 0.1) is 25.7 Å². The third kappa shape index (κ3) is 3.79. The fourth-order valence-corrected chi connectivity index (χ4v) is 3.87. The Bertz CT molecular complexity index is 585. The molecule has 0 bridgehead atoms. The minimum absolute atomic E-state index is 0. The van der Waals surface area contributed by atoms with E-state index in [2.05, 4.69) is 76.6 Å². The van der Waals surface area contributed by atoms with Crippen molar-refractivity contribution in [2.24, 2.45) is 11.8 Å². The molecule has 2 rings (SSSR count). The SMILES string of the molecule is [AlH3].[CH2]CC(CC(C)C)(CC(C)C)n1cc(C)c2ccccc21. The van der Waals surface area contributed by atoms with Gasteiger partial charge < -0.3 is 4.57 Å². The molecule has 0 N–H and O–H groups in total. The van der Waals surface area contributed by atoms with Gasteiger partial charge in [0.25, 0.3) is 0 Å². The van der Waals surface area contributed by atoms with E-state index in [1.807, 2.05) is 0 Å². The van der Waals surface area contributed by atoms with Crippen molar-refractivity contribution in [1.82, 2.24) is 4.57 Å². The average Bonchev–Trinajstić information content (AvgIpc) is 2.75. The molecule has 2 heteroatoms. The Kier molecular flexibility index (Phi) is 6.78. The lowest BCUT2D eigenvalue weighted by Crippen LogP contribution is -2.35. The normalized spacial score (nSPS) is 12.2. The summed E-state index contributed by atoms with van der Waals surface area (Å²) in [6, 6.07) is 8.78. The smallest absolute Gasteiger partial charge is 0.187 e. The summed E-state index contributed by atoms with van der Waals surface area (Å²) in [6.45, 7) is 15.8. The third-order valence-electron chi connectivity index (χ3n) is 4.46. The highest BCUT2D eigenvalue weighted by Crippen LogP contribution is 2.39. The molecule has 121 valence electrons. The van der Waals surface area contributed by atoms with Crippen LogP contribution in [0.15, 0.2) is 30.5 Å². The van der Waals surface area contributed by atoms with Crippen LogP contribution in [0.3, 0.4) is 0 Å². The minimum Gasteiger partial charge on any atom is -0.341 e. The summed E-state index contributed by atoms with van der Waals surface area (Å²) < 4.78 is 2.53. The van der Waals surface area contributed by atoms with Crippen LogP contribution < -0.4 is 0 Å². The highest BCUT2D eigenvalue weighted by Gasteiger charge is 2.33. The van der Waals surface area contributed by atoms with Crippen LogP contribution in [0.1, 0.15) is 52.5 Å². The Morgan fingerprint density at radius 2 is 1.59 bits per heavy atom. The van der Waals surface area contributed by atoms with Gasteiger partial charge in [-0.2, -0.15) is 0 Å². The molecule has 22 heavy (non-hydrogen) atoms. The molecular formula is C20H33AlN. The number of hydrogen-bond acceptors (Lipinski definition) is 0. The first kappa shape index (κ1) is 19.3. The minimum atomic E-state index is 0. The van der Waals surface area contributed by atoms with Crippen LogP contribution in [-0.2, 0) is 5.54 Å². The van der Waals surface area contributed by atoms with Gasteiger partial charge in [-0.15, -0.1) is 0 Å². The molecule has 2 aromatic rings. The molecule has 0 aliphatic rings. The monoisotopic (exact) mass is 314 g/mol. The summed E-state index contributed by atoms with van der Waals surface area (Å²) in [5, 5.41) is 1.38. The second kappa shape index (κ2) is 7.71. The first-order valence-electron chi connectivity index (χ1n) is 8.26. The van der Waals surface area contributed by atoms with Crippen LogP contribution in [0.2, 0.25) is 0 Å². The quantitative estimate of drug-likeness (QED) is 0.676. The van der Waals surface area contributed by atoms with Crippen molar-refractivity contribution in [1.29, 1.82) is 0 Å². The van der Waals surface area contributed by atoms with Gasteiger partial charge in [0.15, 0.2) is 17.4 Å². The topological polar surface area (TPSA) is 4.93 Å². The molecule has 0 spiro atoms. The van der Waals surface area contributed by atoms with E-state index in [-0.39, 0.29) is 22.9 Å². The number of aromatic nitrogens is 1. The molecule has 0 amide bonds. The Labute approximate surface area is 147 Å². The maximum Gasteiger partial charge on any atom is 0.187 e. The molecule has 0 fully saturated rings. The highest BCUT2D eigenvalue weighted by atomic mass is 27.0. The molecule has 1 aromatic carbocycles.